The Bertz CT molecular complexity index is 529. The highest BCUT2D eigenvalue weighted by Crippen LogP contribution is 2.15. The maximum Gasteiger partial charge on any atom is 0.318 e. The molecule has 7 heteroatoms. The van der Waals surface area contributed by atoms with E-state index in [1.165, 1.54) is 0 Å². The van der Waals surface area contributed by atoms with E-state index in [0.29, 0.717) is 19.6 Å². The Hall–Kier alpha value is -1.96. The number of amides is 3. The van der Waals surface area contributed by atoms with Crippen LogP contribution < -0.4 is 11.1 Å². The van der Waals surface area contributed by atoms with E-state index in [-0.39, 0.29) is 5.91 Å². The second-order valence-electron chi connectivity index (χ2n) is 5.79. The molecule has 2 atom stereocenters. The number of nitrogens with zero attached hydrogens (tertiary/aromatic N) is 2. The van der Waals surface area contributed by atoms with Crippen molar-refractivity contribution in [2.75, 3.05) is 32.7 Å². The third-order valence-corrected chi connectivity index (χ3v) is 4.20. The van der Waals surface area contributed by atoms with Crippen LogP contribution in [-0.2, 0) is 4.79 Å². The molecule has 126 valence electrons. The van der Waals surface area contributed by atoms with Crippen molar-refractivity contribution in [3.05, 3.63) is 35.9 Å². The van der Waals surface area contributed by atoms with Crippen LogP contribution in [0.4, 0.5) is 4.79 Å². The maximum atomic E-state index is 11.8. The number of β-amino-alcohol motifs (C(OH)–C–C–N with tert-alkyl or cyclic N) is 1. The van der Waals surface area contributed by atoms with Crippen molar-refractivity contribution in [3.8, 4) is 0 Å². The van der Waals surface area contributed by atoms with Gasteiger partial charge in [-0.05, 0) is 12.5 Å². The van der Waals surface area contributed by atoms with Crippen LogP contribution in [0.1, 0.15) is 18.6 Å². The molecule has 2 rings (SSSR count). The number of carbonyl (C=O) groups is 2. The second kappa shape index (κ2) is 8.05. The summed E-state index contributed by atoms with van der Waals surface area (Å²) in [4.78, 5) is 26.7. The van der Waals surface area contributed by atoms with Gasteiger partial charge >= 0.3 is 6.03 Å². The number of nitrogens with one attached hydrogen (secondary N) is 1. The van der Waals surface area contributed by atoms with Crippen LogP contribution in [0, 0.1) is 0 Å². The van der Waals surface area contributed by atoms with Gasteiger partial charge in [-0.3, -0.25) is 19.9 Å². The number of aliphatic hydroxyl groups is 1. The molecule has 0 radical (unpaired) electrons. The summed E-state index contributed by atoms with van der Waals surface area (Å²) >= 11 is 0. The molecule has 1 aromatic carbocycles. The predicted octanol–water partition coefficient (Wildman–Crippen LogP) is -0.0790. The van der Waals surface area contributed by atoms with Crippen LogP contribution in [0.5, 0.6) is 0 Å². The minimum absolute atomic E-state index is 0.379. The molecule has 3 amide bonds. The molecule has 0 bridgehead atoms. The van der Waals surface area contributed by atoms with Crippen LogP contribution in [0.15, 0.2) is 30.3 Å². The number of hydrogen-bond donors (Lipinski definition) is 3. The number of urea groups is 1. The summed E-state index contributed by atoms with van der Waals surface area (Å²) in [7, 11) is 0. The Balaban J connectivity index is 1.79. The van der Waals surface area contributed by atoms with E-state index < -0.39 is 18.2 Å². The van der Waals surface area contributed by atoms with E-state index in [0.717, 1.165) is 18.7 Å². The Morgan fingerprint density at radius 1 is 1.22 bits per heavy atom. The second-order valence-corrected chi connectivity index (χ2v) is 5.79. The lowest BCUT2D eigenvalue weighted by atomic mass is 10.1. The summed E-state index contributed by atoms with van der Waals surface area (Å²) in [6.45, 7) is 5.26. The minimum Gasteiger partial charge on any atom is -0.387 e. The van der Waals surface area contributed by atoms with Gasteiger partial charge in [0.05, 0.1) is 12.1 Å². The molecule has 1 aliphatic heterocycles. The van der Waals surface area contributed by atoms with Crippen molar-refractivity contribution in [1.29, 1.82) is 0 Å². The SMILES string of the molecule is C[C@@H](C(=O)NC(N)=O)N1CCN(C[C@H](O)c2ccccc2)CC1. The van der Waals surface area contributed by atoms with Crippen LogP contribution in [0.3, 0.4) is 0 Å². The standard InChI is InChI=1S/C16H24N4O3/c1-12(15(22)18-16(17)23)20-9-7-19(8-10-20)11-14(21)13-5-3-2-4-6-13/h2-6,12,14,21H,7-11H2,1H3,(H3,17,18,22,23)/t12-,14-/m0/s1. The number of nitrogens with two attached hydrogens (primary N) is 1. The van der Waals surface area contributed by atoms with Gasteiger partial charge in [0.2, 0.25) is 5.91 Å². The lowest BCUT2D eigenvalue weighted by molar-refractivity contribution is -0.125. The van der Waals surface area contributed by atoms with Gasteiger partial charge in [0, 0.05) is 32.7 Å². The minimum atomic E-state index is -0.827. The van der Waals surface area contributed by atoms with E-state index in [2.05, 4.69) is 10.2 Å². The van der Waals surface area contributed by atoms with Gasteiger partial charge in [-0.15, -0.1) is 0 Å². The zero-order valence-corrected chi connectivity index (χ0v) is 13.3. The number of rotatable bonds is 5. The number of benzene rings is 1. The summed E-state index contributed by atoms with van der Waals surface area (Å²) < 4.78 is 0. The quantitative estimate of drug-likeness (QED) is 0.705. The molecule has 0 aromatic heterocycles. The first-order chi connectivity index (χ1) is 11.0. The number of carbonyl (C=O) groups excluding carboxylic acids is 2. The molecule has 1 heterocycles. The van der Waals surface area contributed by atoms with Gasteiger partial charge in [0.15, 0.2) is 0 Å². The number of hydrogen-bond acceptors (Lipinski definition) is 5. The average molecular weight is 320 g/mol. The summed E-state index contributed by atoms with van der Waals surface area (Å²) in [6, 6.07) is 8.35. The average Bonchev–Trinajstić information content (AvgIpc) is 2.55. The largest absolute Gasteiger partial charge is 0.387 e. The van der Waals surface area contributed by atoms with Crippen LogP contribution in [-0.4, -0.2) is 65.6 Å². The molecule has 23 heavy (non-hydrogen) atoms. The Morgan fingerprint density at radius 2 is 1.83 bits per heavy atom. The molecule has 0 unspecified atom stereocenters. The maximum absolute atomic E-state index is 11.8. The van der Waals surface area contributed by atoms with Crippen molar-refractivity contribution < 1.29 is 14.7 Å². The summed E-state index contributed by atoms with van der Waals surface area (Å²) in [5, 5.41) is 12.4. The number of piperazine rings is 1. The summed E-state index contributed by atoms with van der Waals surface area (Å²) in [5.74, 6) is -0.379. The molecule has 7 nitrogen and oxygen atoms in total. The van der Waals surface area contributed by atoms with Crippen molar-refractivity contribution in [3.63, 3.8) is 0 Å². The molecular weight excluding hydrogens is 296 g/mol. The van der Waals surface area contributed by atoms with E-state index in [1.54, 1.807) is 6.92 Å². The third kappa shape index (κ3) is 5.02. The molecule has 1 fully saturated rings. The van der Waals surface area contributed by atoms with Crippen molar-refractivity contribution in [1.82, 2.24) is 15.1 Å². The molecule has 1 saturated heterocycles. The first-order valence-corrected chi connectivity index (χ1v) is 7.77. The fourth-order valence-corrected chi connectivity index (χ4v) is 2.75. The van der Waals surface area contributed by atoms with Gasteiger partial charge in [-0.2, -0.15) is 0 Å². The van der Waals surface area contributed by atoms with Gasteiger partial charge < -0.3 is 10.8 Å². The van der Waals surface area contributed by atoms with E-state index in [9.17, 15) is 14.7 Å². The third-order valence-electron chi connectivity index (χ3n) is 4.20. The lowest BCUT2D eigenvalue weighted by Gasteiger charge is -2.38. The fourth-order valence-electron chi connectivity index (χ4n) is 2.75. The summed E-state index contributed by atoms with van der Waals surface area (Å²) in [5.41, 5.74) is 5.87. The molecule has 0 spiro atoms. The van der Waals surface area contributed by atoms with Crippen LogP contribution >= 0.6 is 0 Å². The zero-order valence-electron chi connectivity index (χ0n) is 13.3. The number of imide groups is 1. The van der Waals surface area contributed by atoms with Gasteiger partial charge in [-0.25, -0.2) is 4.79 Å². The van der Waals surface area contributed by atoms with Crippen LogP contribution in [0.25, 0.3) is 0 Å². The first-order valence-electron chi connectivity index (χ1n) is 7.77. The zero-order chi connectivity index (χ0) is 16.8. The number of primary amides is 1. The predicted molar refractivity (Wildman–Crippen MR) is 86.6 cm³/mol. The Labute approximate surface area is 136 Å². The smallest absolute Gasteiger partial charge is 0.318 e. The Kier molecular flexibility index (Phi) is 6.09. The van der Waals surface area contributed by atoms with Gasteiger partial charge in [0.1, 0.15) is 0 Å². The van der Waals surface area contributed by atoms with Crippen molar-refractivity contribution >= 4 is 11.9 Å². The molecular formula is C16H24N4O3. The summed E-state index contributed by atoms with van der Waals surface area (Å²) in [6.07, 6.45) is -0.515. The molecule has 1 aliphatic rings. The highest BCUT2D eigenvalue weighted by atomic mass is 16.3. The first kappa shape index (κ1) is 17.4. The van der Waals surface area contributed by atoms with E-state index in [1.807, 2.05) is 35.2 Å². The normalized spacial score (nSPS) is 19.0. The van der Waals surface area contributed by atoms with Gasteiger partial charge in [0.25, 0.3) is 0 Å². The highest BCUT2D eigenvalue weighted by Gasteiger charge is 2.26. The molecule has 1 aromatic rings. The molecule has 4 N–H and O–H groups in total. The number of aliphatic hydroxyl groups excluding tert-OH is 1. The highest BCUT2D eigenvalue weighted by molar-refractivity contribution is 5.96. The van der Waals surface area contributed by atoms with Crippen LogP contribution in [0.2, 0.25) is 0 Å². The molecule has 0 aliphatic carbocycles. The van der Waals surface area contributed by atoms with Gasteiger partial charge in [-0.1, -0.05) is 30.3 Å². The topological polar surface area (TPSA) is 98.9 Å². The van der Waals surface area contributed by atoms with Crippen molar-refractivity contribution in [2.24, 2.45) is 5.73 Å². The van der Waals surface area contributed by atoms with E-state index in [4.69, 9.17) is 5.73 Å². The van der Waals surface area contributed by atoms with Crippen molar-refractivity contribution in [2.45, 2.75) is 19.1 Å². The lowest BCUT2D eigenvalue weighted by Crippen LogP contribution is -2.55. The monoisotopic (exact) mass is 320 g/mol. The Morgan fingerprint density at radius 3 is 2.39 bits per heavy atom. The van der Waals surface area contributed by atoms with E-state index >= 15 is 0 Å². The fraction of sp³-hybridized carbons (Fsp3) is 0.500. The molecule has 0 saturated carbocycles.